The summed E-state index contributed by atoms with van der Waals surface area (Å²) in [5, 5.41) is 0. The second-order valence-corrected chi connectivity index (χ2v) is 6.12. The van der Waals surface area contributed by atoms with Crippen LogP contribution >= 0.6 is 0 Å². The van der Waals surface area contributed by atoms with Crippen molar-refractivity contribution in [1.29, 1.82) is 0 Å². The first-order chi connectivity index (χ1) is 7.80. The molecule has 0 aliphatic heterocycles. The molecule has 3 rings (SSSR count). The van der Waals surface area contributed by atoms with E-state index in [2.05, 4.69) is 12.2 Å². The van der Waals surface area contributed by atoms with Crippen molar-refractivity contribution < 1.29 is 4.79 Å². The molecular formula is C15H22O. The Morgan fingerprint density at radius 1 is 1.12 bits per heavy atom. The van der Waals surface area contributed by atoms with Gasteiger partial charge in [-0.2, -0.15) is 0 Å². The van der Waals surface area contributed by atoms with E-state index < -0.39 is 0 Å². The SMILES string of the molecule is O=C1C[C@H]2CCCCCCC[C@@]3(C=C[C@@H]13)C2. The third-order valence-electron chi connectivity index (χ3n) is 5.00. The first-order valence-electron chi connectivity index (χ1n) is 7.02. The standard InChI is InChI=1S/C15H22O/c16-14-10-12-6-4-2-1-3-5-8-15(11-12)9-7-13(14)15/h7,9,12-13H,1-6,8,10-11H2/t12-,13+,15-/m1/s1. The molecule has 3 aliphatic carbocycles. The van der Waals surface area contributed by atoms with E-state index in [1.165, 1.54) is 51.4 Å². The summed E-state index contributed by atoms with van der Waals surface area (Å²) in [5.41, 5.74) is 0.317. The molecule has 1 spiro atoms. The maximum Gasteiger partial charge on any atom is 0.140 e. The number of hydrogen-bond acceptors (Lipinski definition) is 1. The Kier molecular flexibility index (Phi) is 2.65. The van der Waals surface area contributed by atoms with E-state index in [-0.39, 0.29) is 0 Å². The van der Waals surface area contributed by atoms with Crippen LogP contribution in [0.2, 0.25) is 0 Å². The van der Waals surface area contributed by atoms with Gasteiger partial charge < -0.3 is 0 Å². The smallest absolute Gasteiger partial charge is 0.140 e. The predicted molar refractivity (Wildman–Crippen MR) is 65.1 cm³/mol. The highest BCUT2D eigenvalue weighted by molar-refractivity contribution is 5.86. The van der Waals surface area contributed by atoms with Crippen LogP contribution in [-0.4, -0.2) is 5.78 Å². The summed E-state index contributed by atoms with van der Waals surface area (Å²) in [6.07, 6.45) is 16.1. The van der Waals surface area contributed by atoms with Crippen molar-refractivity contribution in [2.24, 2.45) is 17.3 Å². The highest BCUT2D eigenvalue weighted by Gasteiger charge is 2.49. The normalized spacial score (nSPS) is 43.4. The fourth-order valence-electron chi connectivity index (χ4n) is 4.07. The van der Waals surface area contributed by atoms with Crippen LogP contribution in [0.25, 0.3) is 0 Å². The number of fused-ring (bicyclic) bond motifs is 1. The first-order valence-corrected chi connectivity index (χ1v) is 7.02. The lowest BCUT2D eigenvalue weighted by Gasteiger charge is -2.49. The third kappa shape index (κ3) is 1.65. The zero-order valence-electron chi connectivity index (χ0n) is 10.1. The molecule has 3 aliphatic rings. The molecule has 0 heterocycles. The average Bonchev–Trinajstić information content (AvgIpc) is 2.23. The Bertz CT molecular complexity index is 317. The molecule has 0 N–H and O–H groups in total. The number of carbonyl (C=O) groups is 1. The van der Waals surface area contributed by atoms with E-state index in [0.717, 1.165) is 6.42 Å². The summed E-state index contributed by atoms with van der Waals surface area (Å²) in [5.74, 6) is 1.55. The van der Waals surface area contributed by atoms with E-state index in [9.17, 15) is 4.79 Å². The van der Waals surface area contributed by atoms with Crippen molar-refractivity contribution in [3.05, 3.63) is 12.2 Å². The lowest BCUT2D eigenvalue weighted by molar-refractivity contribution is -0.130. The number of rotatable bonds is 0. The van der Waals surface area contributed by atoms with Crippen LogP contribution < -0.4 is 0 Å². The number of ketones is 1. The Labute approximate surface area is 98.3 Å². The molecule has 16 heavy (non-hydrogen) atoms. The van der Waals surface area contributed by atoms with Crippen molar-refractivity contribution in [2.45, 2.75) is 57.8 Å². The van der Waals surface area contributed by atoms with Crippen LogP contribution in [0.3, 0.4) is 0 Å². The van der Waals surface area contributed by atoms with Crippen molar-refractivity contribution in [3.63, 3.8) is 0 Å². The van der Waals surface area contributed by atoms with Crippen LogP contribution in [0.15, 0.2) is 12.2 Å². The molecule has 3 atom stereocenters. The minimum atomic E-state index is 0.308. The number of carbonyl (C=O) groups excluding carboxylic acids is 1. The molecule has 0 aromatic rings. The molecule has 1 nitrogen and oxygen atoms in total. The number of Topliss-reactive ketones (excluding diaryl/α,β-unsaturated/α-hetero) is 1. The Morgan fingerprint density at radius 2 is 1.94 bits per heavy atom. The summed E-state index contributed by atoms with van der Waals surface area (Å²) in [7, 11) is 0. The van der Waals surface area contributed by atoms with E-state index in [0.29, 0.717) is 23.0 Å². The summed E-state index contributed by atoms with van der Waals surface area (Å²) in [6.45, 7) is 0. The zero-order valence-corrected chi connectivity index (χ0v) is 10.1. The molecule has 0 amide bonds. The first kappa shape index (κ1) is 10.6. The van der Waals surface area contributed by atoms with Gasteiger partial charge in [-0.05, 0) is 25.2 Å². The molecule has 2 saturated carbocycles. The number of allylic oxidation sites excluding steroid dienone is 2. The Hall–Kier alpha value is -0.590. The van der Waals surface area contributed by atoms with E-state index in [4.69, 9.17) is 0 Å². The van der Waals surface area contributed by atoms with E-state index in [1.54, 1.807) is 0 Å². The summed E-state index contributed by atoms with van der Waals surface area (Å²) in [4.78, 5) is 12.1. The highest BCUT2D eigenvalue weighted by atomic mass is 16.1. The maximum absolute atomic E-state index is 12.1. The van der Waals surface area contributed by atoms with Gasteiger partial charge in [0.25, 0.3) is 0 Å². The van der Waals surface area contributed by atoms with Crippen LogP contribution in [0, 0.1) is 17.3 Å². The second kappa shape index (κ2) is 4.01. The maximum atomic E-state index is 12.1. The topological polar surface area (TPSA) is 17.1 Å². The molecule has 0 unspecified atom stereocenters. The molecule has 2 bridgehead atoms. The van der Waals surface area contributed by atoms with Gasteiger partial charge in [0.1, 0.15) is 5.78 Å². The summed E-state index contributed by atoms with van der Waals surface area (Å²) in [6, 6.07) is 0. The molecule has 0 aromatic heterocycles. The average molecular weight is 218 g/mol. The van der Waals surface area contributed by atoms with Crippen LogP contribution in [0.5, 0.6) is 0 Å². The Balaban J connectivity index is 1.80. The molecule has 88 valence electrons. The van der Waals surface area contributed by atoms with Gasteiger partial charge in [0.15, 0.2) is 0 Å². The van der Waals surface area contributed by atoms with Gasteiger partial charge in [-0.1, -0.05) is 44.3 Å². The Morgan fingerprint density at radius 3 is 2.75 bits per heavy atom. The van der Waals surface area contributed by atoms with E-state index in [1.807, 2.05) is 0 Å². The quantitative estimate of drug-likeness (QED) is 0.564. The van der Waals surface area contributed by atoms with Gasteiger partial charge in [0, 0.05) is 17.8 Å². The van der Waals surface area contributed by atoms with Crippen molar-refractivity contribution in [2.75, 3.05) is 0 Å². The fraction of sp³-hybridized carbons (Fsp3) is 0.800. The van der Waals surface area contributed by atoms with Crippen molar-refractivity contribution in [3.8, 4) is 0 Å². The van der Waals surface area contributed by atoms with Crippen LogP contribution in [-0.2, 0) is 4.79 Å². The van der Waals surface area contributed by atoms with Crippen LogP contribution in [0.4, 0.5) is 0 Å². The lowest BCUT2D eigenvalue weighted by atomic mass is 9.54. The van der Waals surface area contributed by atoms with Crippen molar-refractivity contribution in [1.82, 2.24) is 0 Å². The molecule has 2 fully saturated rings. The molecule has 0 saturated heterocycles. The minimum absolute atomic E-state index is 0.308. The molecule has 0 aromatic carbocycles. The fourth-order valence-corrected chi connectivity index (χ4v) is 4.07. The van der Waals surface area contributed by atoms with Gasteiger partial charge in [0.2, 0.25) is 0 Å². The molecular weight excluding hydrogens is 196 g/mol. The monoisotopic (exact) mass is 218 g/mol. The highest BCUT2D eigenvalue weighted by Crippen LogP contribution is 2.54. The largest absolute Gasteiger partial charge is 0.299 e. The predicted octanol–water partition coefficient (Wildman–Crippen LogP) is 3.88. The molecule has 1 heteroatoms. The minimum Gasteiger partial charge on any atom is -0.299 e. The van der Waals surface area contributed by atoms with Gasteiger partial charge in [-0.15, -0.1) is 0 Å². The lowest BCUT2D eigenvalue weighted by Crippen LogP contribution is -2.45. The summed E-state index contributed by atoms with van der Waals surface area (Å²) < 4.78 is 0. The van der Waals surface area contributed by atoms with E-state index >= 15 is 0 Å². The third-order valence-corrected chi connectivity index (χ3v) is 5.00. The molecule has 0 radical (unpaired) electrons. The van der Waals surface area contributed by atoms with Gasteiger partial charge >= 0.3 is 0 Å². The van der Waals surface area contributed by atoms with Gasteiger partial charge in [-0.3, -0.25) is 4.79 Å². The summed E-state index contributed by atoms with van der Waals surface area (Å²) >= 11 is 0. The van der Waals surface area contributed by atoms with Gasteiger partial charge in [-0.25, -0.2) is 0 Å². The van der Waals surface area contributed by atoms with Gasteiger partial charge in [0.05, 0.1) is 0 Å². The van der Waals surface area contributed by atoms with Crippen molar-refractivity contribution >= 4 is 5.78 Å². The second-order valence-electron chi connectivity index (χ2n) is 6.12. The van der Waals surface area contributed by atoms with Crippen LogP contribution in [0.1, 0.15) is 57.8 Å². The zero-order chi connectivity index (χ0) is 11.0. The number of hydrogen-bond donors (Lipinski definition) is 0.